The van der Waals surface area contributed by atoms with Gasteiger partial charge in [0.05, 0.1) is 6.54 Å². The second-order valence-corrected chi connectivity index (χ2v) is 7.89. The Hall–Kier alpha value is -1.39. The third-order valence-electron chi connectivity index (χ3n) is 6.03. The molecule has 4 nitrogen and oxygen atoms in total. The number of likely N-dealkylation sites (tertiary alicyclic amines) is 2. The van der Waals surface area contributed by atoms with Gasteiger partial charge in [0.1, 0.15) is 0 Å². The van der Waals surface area contributed by atoms with Gasteiger partial charge in [0.2, 0.25) is 5.91 Å². The van der Waals surface area contributed by atoms with Crippen molar-refractivity contribution in [1.29, 1.82) is 0 Å². The molecule has 4 heteroatoms. The molecule has 2 unspecified atom stereocenters. The van der Waals surface area contributed by atoms with E-state index in [0.29, 0.717) is 24.4 Å². The lowest BCUT2D eigenvalue weighted by Crippen LogP contribution is -2.50. The number of anilines is 1. The molecule has 0 bridgehead atoms. The van der Waals surface area contributed by atoms with Crippen LogP contribution in [0.4, 0.5) is 5.69 Å². The maximum Gasteiger partial charge on any atom is 0.241 e. The zero-order valence-corrected chi connectivity index (χ0v) is 15.0. The van der Waals surface area contributed by atoms with Crippen LogP contribution >= 0.6 is 0 Å². The summed E-state index contributed by atoms with van der Waals surface area (Å²) in [5.74, 6) is 0.781. The predicted molar refractivity (Wildman–Crippen MR) is 97.6 cm³/mol. The van der Waals surface area contributed by atoms with E-state index in [4.69, 9.17) is 0 Å². The van der Waals surface area contributed by atoms with Crippen LogP contribution in [0, 0.1) is 6.92 Å². The summed E-state index contributed by atoms with van der Waals surface area (Å²) in [7, 11) is 2.20. The van der Waals surface area contributed by atoms with E-state index in [-0.39, 0.29) is 0 Å². The second kappa shape index (κ2) is 6.49. The summed E-state index contributed by atoms with van der Waals surface area (Å²) >= 11 is 0. The molecule has 0 radical (unpaired) electrons. The van der Waals surface area contributed by atoms with Crippen LogP contribution in [0.1, 0.15) is 42.7 Å². The number of likely N-dealkylation sites (N-methyl/N-ethyl adjacent to an activating group) is 1. The number of nitrogens with zero attached hydrogens (tertiary/aromatic N) is 3. The topological polar surface area (TPSA) is 26.8 Å². The van der Waals surface area contributed by atoms with Crippen molar-refractivity contribution in [3.63, 3.8) is 0 Å². The Morgan fingerprint density at radius 3 is 2.75 bits per heavy atom. The molecule has 3 aliphatic rings. The highest BCUT2D eigenvalue weighted by Gasteiger charge is 2.43. The SMILES string of the molecule is Cc1ccc2c(c1)C1CN(C)CCC1N2C(=O)CN1CCCCC1. The van der Waals surface area contributed by atoms with Crippen molar-refractivity contribution >= 4 is 11.6 Å². The molecule has 130 valence electrons. The van der Waals surface area contributed by atoms with Crippen LogP contribution in [-0.2, 0) is 4.79 Å². The van der Waals surface area contributed by atoms with Crippen molar-refractivity contribution in [2.24, 2.45) is 0 Å². The lowest BCUT2D eigenvalue weighted by molar-refractivity contribution is -0.120. The van der Waals surface area contributed by atoms with Crippen LogP contribution in [0.3, 0.4) is 0 Å². The lowest BCUT2D eigenvalue weighted by Gasteiger charge is -2.37. The first-order chi connectivity index (χ1) is 11.6. The number of carbonyl (C=O) groups is 1. The lowest BCUT2D eigenvalue weighted by atomic mass is 9.89. The highest BCUT2D eigenvalue weighted by atomic mass is 16.2. The fraction of sp³-hybridized carbons (Fsp3) is 0.650. The van der Waals surface area contributed by atoms with Crippen molar-refractivity contribution in [3.8, 4) is 0 Å². The smallest absolute Gasteiger partial charge is 0.241 e. The number of piperidine rings is 2. The fourth-order valence-corrected chi connectivity index (χ4v) is 4.79. The molecule has 3 aliphatic heterocycles. The van der Waals surface area contributed by atoms with E-state index in [1.807, 2.05) is 0 Å². The third-order valence-corrected chi connectivity index (χ3v) is 6.03. The molecule has 1 aromatic rings. The first kappa shape index (κ1) is 16.1. The monoisotopic (exact) mass is 327 g/mol. The number of benzene rings is 1. The van der Waals surface area contributed by atoms with E-state index in [2.05, 4.69) is 46.9 Å². The number of hydrogen-bond donors (Lipinski definition) is 0. The molecule has 3 heterocycles. The number of fused-ring (bicyclic) bond motifs is 3. The van der Waals surface area contributed by atoms with Crippen LogP contribution < -0.4 is 4.90 Å². The summed E-state index contributed by atoms with van der Waals surface area (Å²) in [6.07, 6.45) is 4.87. The molecule has 1 aromatic carbocycles. The summed E-state index contributed by atoms with van der Waals surface area (Å²) in [5.41, 5.74) is 3.86. The molecule has 4 rings (SSSR count). The van der Waals surface area contributed by atoms with E-state index in [9.17, 15) is 4.79 Å². The van der Waals surface area contributed by atoms with E-state index < -0.39 is 0 Å². The van der Waals surface area contributed by atoms with Gasteiger partial charge < -0.3 is 9.80 Å². The van der Waals surface area contributed by atoms with Gasteiger partial charge in [-0.25, -0.2) is 0 Å². The predicted octanol–water partition coefficient (Wildman–Crippen LogP) is 2.62. The molecule has 2 atom stereocenters. The molecule has 0 aliphatic carbocycles. The quantitative estimate of drug-likeness (QED) is 0.835. The molecule has 1 amide bonds. The standard InChI is InChI=1S/C20H29N3O/c1-15-6-7-18-16(12-15)17-13-21(2)11-8-19(17)23(18)20(24)14-22-9-4-3-5-10-22/h6-7,12,17,19H,3-5,8-11,13-14H2,1-2H3. The zero-order valence-electron chi connectivity index (χ0n) is 15.0. The van der Waals surface area contributed by atoms with Gasteiger partial charge >= 0.3 is 0 Å². The summed E-state index contributed by atoms with van der Waals surface area (Å²) in [5, 5.41) is 0. The summed E-state index contributed by atoms with van der Waals surface area (Å²) in [6.45, 7) is 7.05. The number of rotatable bonds is 2. The Balaban J connectivity index is 1.60. The van der Waals surface area contributed by atoms with E-state index in [1.54, 1.807) is 0 Å². The van der Waals surface area contributed by atoms with Gasteiger partial charge in [-0.15, -0.1) is 0 Å². The van der Waals surface area contributed by atoms with Gasteiger partial charge in [-0.3, -0.25) is 9.69 Å². The Morgan fingerprint density at radius 2 is 1.96 bits per heavy atom. The number of aryl methyl sites for hydroxylation is 1. The Bertz CT molecular complexity index is 623. The van der Waals surface area contributed by atoms with Crippen molar-refractivity contribution < 1.29 is 4.79 Å². The first-order valence-corrected chi connectivity index (χ1v) is 9.47. The van der Waals surface area contributed by atoms with Gasteiger partial charge in [-0.2, -0.15) is 0 Å². The zero-order chi connectivity index (χ0) is 16.7. The molecule has 0 saturated carbocycles. The normalized spacial score (nSPS) is 27.8. The van der Waals surface area contributed by atoms with Crippen LogP contribution in [0.15, 0.2) is 18.2 Å². The van der Waals surface area contributed by atoms with Gasteiger partial charge in [-0.1, -0.05) is 24.1 Å². The molecular weight excluding hydrogens is 298 g/mol. The number of amides is 1. The maximum atomic E-state index is 13.2. The Morgan fingerprint density at radius 1 is 1.17 bits per heavy atom. The Labute approximate surface area is 145 Å². The molecule has 0 spiro atoms. The number of hydrogen-bond acceptors (Lipinski definition) is 3. The summed E-state index contributed by atoms with van der Waals surface area (Å²) in [6, 6.07) is 6.99. The maximum absolute atomic E-state index is 13.2. The van der Waals surface area contributed by atoms with Crippen LogP contribution in [0.5, 0.6) is 0 Å². The largest absolute Gasteiger partial charge is 0.307 e. The van der Waals surface area contributed by atoms with Gasteiger partial charge in [-0.05, 0) is 64.5 Å². The van der Waals surface area contributed by atoms with Gasteiger partial charge in [0, 0.05) is 24.2 Å². The van der Waals surface area contributed by atoms with Crippen LogP contribution in [0.25, 0.3) is 0 Å². The average molecular weight is 327 g/mol. The molecule has 2 saturated heterocycles. The fourth-order valence-electron chi connectivity index (χ4n) is 4.79. The minimum atomic E-state index is 0.305. The summed E-state index contributed by atoms with van der Waals surface area (Å²) < 4.78 is 0. The number of carbonyl (C=O) groups excluding carboxylic acids is 1. The highest BCUT2D eigenvalue weighted by Crippen LogP contribution is 2.44. The summed E-state index contributed by atoms with van der Waals surface area (Å²) in [4.78, 5) is 20.1. The van der Waals surface area contributed by atoms with Crippen LogP contribution in [0.2, 0.25) is 0 Å². The highest BCUT2D eigenvalue weighted by molar-refractivity contribution is 5.98. The van der Waals surface area contributed by atoms with E-state index >= 15 is 0 Å². The van der Waals surface area contributed by atoms with Crippen molar-refractivity contribution in [2.75, 3.05) is 44.7 Å². The molecule has 0 aromatic heterocycles. The van der Waals surface area contributed by atoms with Crippen molar-refractivity contribution in [1.82, 2.24) is 9.80 Å². The van der Waals surface area contributed by atoms with Crippen molar-refractivity contribution in [3.05, 3.63) is 29.3 Å². The third kappa shape index (κ3) is 2.86. The van der Waals surface area contributed by atoms with E-state index in [0.717, 1.165) is 32.6 Å². The average Bonchev–Trinajstić information content (AvgIpc) is 2.89. The molecular formula is C20H29N3O. The van der Waals surface area contributed by atoms with Crippen LogP contribution in [-0.4, -0.2) is 61.5 Å². The minimum Gasteiger partial charge on any atom is -0.307 e. The van der Waals surface area contributed by atoms with Crippen molar-refractivity contribution in [2.45, 2.75) is 44.6 Å². The minimum absolute atomic E-state index is 0.305. The van der Waals surface area contributed by atoms with E-state index in [1.165, 1.54) is 36.1 Å². The second-order valence-electron chi connectivity index (χ2n) is 7.89. The van der Waals surface area contributed by atoms with Gasteiger partial charge in [0.15, 0.2) is 0 Å². The molecule has 24 heavy (non-hydrogen) atoms. The van der Waals surface area contributed by atoms with Gasteiger partial charge in [0.25, 0.3) is 0 Å². The molecule has 2 fully saturated rings. The molecule has 0 N–H and O–H groups in total. The Kier molecular flexibility index (Phi) is 4.35. The first-order valence-electron chi connectivity index (χ1n) is 9.47.